The van der Waals surface area contributed by atoms with Gasteiger partial charge in [0.25, 0.3) is 5.56 Å². The fourth-order valence-electron chi connectivity index (χ4n) is 4.86. The molecule has 1 atom stereocenters. The lowest BCUT2D eigenvalue weighted by atomic mass is 10.1. The lowest BCUT2D eigenvalue weighted by molar-refractivity contribution is 0.469. The first-order chi connectivity index (χ1) is 16.9. The fraction of sp³-hybridized carbons (Fsp3) is 0.440. The van der Waals surface area contributed by atoms with E-state index in [0.29, 0.717) is 42.6 Å². The van der Waals surface area contributed by atoms with Crippen molar-refractivity contribution >= 4 is 28.6 Å². The van der Waals surface area contributed by atoms with Crippen LogP contribution in [0.4, 0.5) is 11.6 Å². The molecule has 1 unspecified atom stereocenters. The van der Waals surface area contributed by atoms with E-state index in [4.69, 9.17) is 15.7 Å². The van der Waals surface area contributed by atoms with Gasteiger partial charge in [-0.3, -0.25) is 18.5 Å². The molecule has 0 radical (unpaired) electrons. The second kappa shape index (κ2) is 9.07. The third kappa shape index (κ3) is 4.02. The number of hydrogen-bond donors (Lipinski definition) is 1. The molecule has 182 valence electrons. The molecule has 4 heterocycles. The number of para-hydroxylation sites is 1. The molecule has 0 amide bonds. The molecule has 3 aromatic rings. The Kier molecular flexibility index (Phi) is 5.94. The first-order valence-electron chi connectivity index (χ1n) is 11.9. The van der Waals surface area contributed by atoms with Crippen molar-refractivity contribution < 1.29 is 0 Å². The lowest BCUT2D eigenvalue weighted by Crippen LogP contribution is -2.44. The highest BCUT2D eigenvalue weighted by molar-refractivity contribution is 5.87. The number of imidazole rings is 1. The molecule has 2 aliphatic heterocycles. The average molecular weight is 475 g/mol. The summed E-state index contributed by atoms with van der Waals surface area (Å²) in [6.45, 7) is 4.23. The van der Waals surface area contributed by atoms with Crippen LogP contribution >= 0.6 is 0 Å². The number of anilines is 1. The molecule has 1 aromatic carbocycles. The Bertz CT molecular complexity index is 1500. The maximum atomic E-state index is 13.8. The number of rotatable bonds is 4. The van der Waals surface area contributed by atoms with E-state index in [1.54, 1.807) is 14.0 Å². The van der Waals surface area contributed by atoms with Gasteiger partial charge in [0.15, 0.2) is 11.2 Å². The second-order valence-electron chi connectivity index (χ2n) is 9.19. The lowest BCUT2D eigenvalue weighted by Gasteiger charge is -2.31. The summed E-state index contributed by atoms with van der Waals surface area (Å²) in [7, 11) is 3.57. The zero-order chi connectivity index (χ0) is 24.7. The molecule has 0 aliphatic carbocycles. The summed E-state index contributed by atoms with van der Waals surface area (Å²) in [6.07, 6.45) is 1.90. The van der Waals surface area contributed by atoms with Crippen LogP contribution in [0.2, 0.25) is 0 Å². The zero-order valence-electron chi connectivity index (χ0n) is 20.4. The summed E-state index contributed by atoms with van der Waals surface area (Å²) in [5.41, 5.74) is 8.09. The van der Waals surface area contributed by atoms with E-state index in [-0.39, 0.29) is 12.6 Å². The molecule has 2 aromatic heterocycles. The molecule has 5 rings (SSSR count). The van der Waals surface area contributed by atoms with Gasteiger partial charge in [-0.2, -0.15) is 4.98 Å². The maximum absolute atomic E-state index is 13.8. The summed E-state index contributed by atoms with van der Waals surface area (Å²) in [4.78, 5) is 40.7. The van der Waals surface area contributed by atoms with Crippen molar-refractivity contribution in [2.45, 2.75) is 45.4 Å². The summed E-state index contributed by atoms with van der Waals surface area (Å²) < 4.78 is 4.51. The van der Waals surface area contributed by atoms with E-state index in [2.05, 4.69) is 16.7 Å². The van der Waals surface area contributed by atoms with Crippen LogP contribution < -0.4 is 21.9 Å². The maximum Gasteiger partial charge on any atom is 0.332 e. The minimum absolute atomic E-state index is 0.0393. The van der Waals surface area contributed by atoms with Gasteiger partial charge in [0, 0.05) is 39.8 Å². The Morgan fingerprint density at radius 2 is 1.97 bits per heavy atom. The molecule has 35 heavy (non-hydrogen) atoms. The number of nitrogens with zero attached hydrogens (tertiary/aromatic N) is 7. The third-order valence-electron chi connectivity index (χ3n) is 6.76. The van der Waals surface area contributed by atoms with E-state index in [9.17, 15) is 9.59 Å². The van der Waals surface area contributed by atoms with Gasteiger partial charge in [-0.15, -0.1) is 5.92 Å². The molecule has 10 heteroatoms. The molecule has 1 saturated heterocycles. The van der Waals surface area contributed by atoms with Crippen LogP contribution in [0.3, 0.4) is 0 Å². The standard InChI is InChI=1S/C25H30N8O2/c1-4-5-13-32-21-22(28-24(32)31-12-8-10-18(26)15-31)30(3)25(35)33(23(21)34)16-20-27-19-11-7-6-9-17(19)14-29(20)2/h6-7,9,11,18H,8,10,12-16,26H2,1-3H3. The first-order valence-corrected chi connectivity index (χ1v) is 11.9. The summed E-state index contributed by atoms with van der Waals surface area (Å²) in [6, 6.07) is 7.93. The number of nitrogens with two attached hydrogens (primary N) is 1. The predicted molar refractivity (Wildman–Crippen MR) is 137 cm³/mol. The van der Waals surface area contributed by atoms with Gasteiger partial charge in [-0.25, -0.2) is 9.79 Å². The number of amidine groups is 1. The molecule has 2 N–H and O–H groups in total. The molecule has 1 fully saturated rings. The van der Waals surface area contributed by atoms with Crippen LogP contribution in [0.25, 0.3) is 11.2 Å². The Hall–Kier alpha value is -3.84. The Morgan fingerprint density at radius 3 is 2.74 bits per heavy atom. The SMILES string of the molecule is CC#CCn1c(N2CCCC(N)C2)nc2c1c(=O)n(CC1=Nc3ccccc3CN1C)c(=O)n2C. The highest BCUT2D eigenvalue weighted by atomic mass is 16.2. The van der Waals surface area contributed by atoms with Gasteiger partial charge in [-0.1, -0.05) is 24.1 Å². The van der Waals surface area contributed by atoms with E-state index in [0.717, 1.165) is 30.6 Å². The van der Waals surface area contributed by atoms with Crippen molar-refractivity contribution in [1.82, 2.24) is 23.6 Å². The van der Waals surface area contributed by atoms with Gasteiger partial charge in [0.2, 0.25) is 5.95 Å². The molecule has 2 aliphatic rings. The van der Waals surface area contributed by atoms with Gasteiger partial charge < -0.3 is 15.5 Å². The Balaban J connectivity index is 1.66. The molecular formula is C25H30N8O2. The smallest absolute Gasteiger partial charge is 0.332 e. The van der Waals surface area contributed by atoms with Crippen LogP contribution in [0.5, 0.6) is 0 Å². The molecule has 0 spiro atoms. The summed E-state index contributed by atoms with van der Waals surface area (Å²) in [5, 5.41) is 0. The van der Waals surface area contributed by atoms with Crippen LogP contribution in [0.15, 0.2) is 38.8 Å². The molecule has 0 bridgehead atoms. The third-order valence-corrected chi connectivity index (χ3v) is 6.76. The molecule has 0 saturated carbocycles. The number of hydrogen-bond acceptors (Lipinski definition) is 7. The van der Waals surface area contributed by atoms with Crippen molar-refractivity contribution in [2.75, 3.05) is 25.0 Å². The zero-order valence-corrected chi connectivity index (χ0v) is 20.4. The number of aryl methyl sites for hydroxylation is 1. The van der Waals surface area contributed by atoms with Gasteiger partial charge >= 0.3 is 5.69 Å². The van der Waals surface area contributed by atoms with E-state index in [1.165, 1.54) is 9.13 Å². The summed E-state index contributed by atoms with van der Waals surface area (Å²) in [5.74, 6) is 7.25. The van der Waals surface area contributed by atoms with Crippen molar-refractivity contribution in [1.29, 1.82) is 0 Å². The number of benzene rings is 1. The van der Waals surface area contributed by atoms with Gasteiger partial charge in [0.1, 0.15) is 5.84 Å². The highest BCUT2D eigenvalue weighted by Crippen LogP contribution is 2.26. The minimum Gasteiger partial charge on any atom is -0.357 e. The highest BCUT2D eigenvalue weighted by Gasteiger charge is 2.27. The number of aliphatic imine (C=N–C) groups is 1. The summed E-state index contributed by atoms with van der Waals surface area (Å²) >= 11 is 0. The number of piperidine rings is 1. The largest absolute Gasteiger partial charge is 0.357 e. The Morgan fingerprint density at radius 1 is 1.17 bits per heavy atom. The predicted octanol–water partition coefficient (Wildman–Crippen LogP) is 1.02. The van der Waals surface area contributed by atoms with E-state index < -0.39 is 11.2 Å². The van der Waals surface area contributed by atoms with E-state index >= 15 is 0 Å². The monoisotopic (exact) mass is 474 g/mol. The van der Waals surface area contributed by atoms with Crippen molar-refractivity contribution in [3.63, 3.8) is 0 Å². The average Bonchev–Trinajstić information content (AvgIpc) is 3.24. The normalized spacial score (nSPS) is 17.7. The van der Waals surface area contributed by atoms with Crippen LogP contribution in [-0.4, -0.2) is 55.6 Å². The van der Waals surface area contributed by atoms with Crippen LogP contribution in [-0.2, 0) is 26.7 Å². The number of aromatic nitrogens is 4. The number of likely N-dealkylation sites (N-methyl/N-ethyl adjacent to an activating group) is 1. The fourth-order valence-corrected chi connectivity index (χ4v) is 4.86. The van der Waals surface area contributed by atoms with Crippen molar-refractivity contribution in [3.05, 3.63) is 50.7 Å². The van der Waals surface area contributed by atoms with Crippen LogP contribution in [0.1, 0.15) is 25.3 Å². The molecule has 10 nitrogen and oxygen atoms in total. The Labute approximate surface area is 203 Å². The van der Waals surface area contributed by atoms with Gasteiger partial charge in [0.05, 0.1) is 18.8 Å². The van der Waals surface area contributed by atoms with E-state index in [1.807, 2.05) is 40.8 Å². The van der Waals surface area contributed by atoms with Crippen molar-refractivity contribution in [2.24, 2.45) is 17.8 Å². The minimum atomic E-state index is -0.425. The topological polar surface area (TPSA) is 107 Å². The van der Waals surface area contributed by atoms with Crippen molar-refractivity contribution in [3.8, 4) is 11.8 Å². The van der Waals surface area contributed by atoms with Gasteiger partial charge in [-0.05, 0) is 31.4 Å². The molecular weight excluding hydrogens is 444 g/mol. The number of fused-ring (bicyclic) bond motifs is 2. The quantitative estimate of drug-likeness (QED) is 0.566. The van der Waals surface area contributed by atoms with Crippen LogP contribution in [0, 0.1) is 11.8 Å². The second-order valence-corrected chi connectivity index (χ2v) is 9.19. The first kappa shape index (κ1) is 22.9.